The molecule has 59 heavy (non-hydrogen) atoms. The number of thiophene rings is 1. The summed E-state index contributed by atoms with van der Waals surface area (Å²) in [5.74, 6) is 0.754. The van der Waals surface area contributed by atoms with Gasteiger partial charge in [0.1, 0.15) is 0 Å². The number of rotatable bonds is 7. The highest BCUT2D eigenvalue weighted by Crippen LogP contribution is 2.59. The van der Waals surface area contributed by atoms with Gasteiger partial charge in [0, 0.05) is 37.4 Å². The lowest BCUT2D eigenvalue weighted by atomic mass is 9.86. The maximum atomic E-state index is 5.44. The predicted molar refractivity (Wildman–Crippen MR) is 251 cm³/mol. The average molecular weight is 777 g/mol. The van der Waals surface area contributed by atoms with Crippen molar-refractivity contribution >= 4 is 28.6 Å². The molecular weight excluding hydrogens is 733 g/mol. The molecule has 1 aromatic heterocycles. The summed E-state index contributed by atoms with van der Waals surface area (Å²) >= 11 is 1.94. The average Bonchev–Trinajstić information content (AvgIpc) is 3.80. The highest BCUT2D eigenvalue weighted by molar-refractivity contribution is 7.17. The Kier molecular flexibility index (Phi) is 9.47. The van der Waals surface area contributed by atoms with Gasteiger partial charge in [-0.1, -0.05) is 184 Å². The lowest BCUT2D eigenvalue weighted by Gasteiger charge is -2.22. The van der Waals surface area contributed by atoms with Crippen LogP contribution in [-0.4, -0.2) is 11.5 Å². The quantitative estimate of drug-likeness (QED) is 0.154. The Bertz CT molecular complexity index is 2930. The van der Waals surface area contributed by atoms with E-state index >= 15 is 0 Å². The summed E-state index contributed by atoms with van der Waals surface area (Å²) in [7, 11) is 0. The number of aliphatic imine (C=N–C) groups is 2. The van der Waals surface area contributed by atoms with E-state index in [9.17, 15) is 0 Å². The zero-order valence-corrected chi connectivity index (χ0v) is 34.4. The highest BCUT2D eigenvalue weighted by atomic mass is 32.1. The van der Waals surface area contributed by atoms with Crippen LogP contribution in [0, 0.1) is 0 Å². The Labute approximate surface area is 351 Å². The maximum absolute atomic E-state index is 5.44. The number of allylic oxidation sites excluding steroid dienone is 1. The molecular formula is C56H44N2S. The molecule has 7 aromatic carbocycles. The number of nitrogens with zero attached hydrogens (tertiary/aromatic N) is 2. The molecule has 0 atom stereocenters. The van der Waals surface area contributed by atoms with Crippen LogP contribution in [0.2, 0.25) is 0 Å². The van der Waals surface area contributed by atoms with E-state index in [1.165, 1.54) is 71.0 Å². The van der Waals surface area contributed by atoms with Crippen molar-refractivity contribution in [1.29, 1.82) is 0 Å². The normalized spacial score (nSPS) is 14.5. The molecule has 2 aliphatic rings. The van der Waals surface area contributed by atoms with Crippen LogP contribution in [0.25, 0.3) is 60.6 Å². The summed E-state index contributed by atoms with van der Waals surface area (Å²) in [6.45, 7) is 7.01. The van der Waals surface area contributed by atoms with Crippen molar-refractivity contribution in [2.75, 3.05) is 0 Å². The van der Waals surface area contributed by atoms with E-state index in [0.717, 1.165) is 46.8 Å². The zero-order valence-electron chi connectivity index (χ0n) is 33.6. The molecule has 0 N–H and O–H groups in total. The van der Waals surface area contributed by atoms with Crippen molar-refractivity contribution in [2.24, 2.45) is 9.98 Å². The SMILES string of the molecule is CC1=C(c2ccccc2)N=C(c2ccc3c(c2)C(C)(C)c2sc(-c4cccc(-c5ccccc5)c4)c(-c4cccc(-c5ccccc5)c4)c2-3)N=C(c2ccccc2)CC1. The largest absolute Gasteiger partial charge is 0.232 e. The second kappa shape index (κ2) is 15.2. The second-order valence-electron chi connectivity index (χ2n) is 16.1. The van der Waals surface area contributed by atoms with Gasteiger partial charge in [-0.05, 0) is 93.6 Å². The third-order valence-corrected chi connectivity index (χ3v) is 13.5. The molecule has 10 rings (SSSR count). The Morgan fingerprint density at radius 2 is 0.966 bits per heavy atom. The van der Waals surface area contributed by atoms with Crippen LogP contribution >= 0.6 is 11.3 Å². The highest BCUT2D eigenvalue weighted by Gasteiger charge is 2.41. The fraction of sp³-hybridized carbons (Fsp3) is 0.107. The first-order chi connectivity index (χ1) is 28.9. The topological polar surface area (TPSA) is 24.7 Å². The fourth-order valence-corrected chi connectivity index (χ4v) is 10.3. The first-order valence-electron chi connectivity index (χ1n) is 20.5. The molecule has 0 unspecified atom stereocenters. The molecule has 1 aliphatic carbocycles. The molecule has 0 spiro atoms. The number of benzene rings is 7. The molecule has 8 aromatic rings. The number of fused-ring (bicyclic) bond motifs is 3. The maximum Gasteiger partial charge on any atom is 0.160 e. The van der Waals surface area contributed by atoms with Crippen molar-refractivity contribution in [3.8, 4) is 54.9 Å². The number of amidine groups is 1. The van der Waals surface area contributed by atoms with Crippen LogP contribution in [0.4, 0.5) is 0 Å². The lowest BCUT2D eigenvalue weighted by molar-refractivity contribution is 0.674. The van der Waals surface area contributed by atoms with Crippen molar-refractivity contribution in [1.82, 2.24) is 0 Å². The van der Waals surface area contributed by atoms with Crippen LogP contribution < -0.4 is 0 Å². The molecule has 0 saturated carbocycles. The first-order valence-corrected chi connectivity index (χ1v) is 21.3. The van der Waals surface area contributed by atoms with Crippen molar-refractivity contribution < 1.29 is 0 Å². The van der Waals surface area contributed by atoms with Crippen molar-refractivity contribution in [3.63, 3.8) is 0 Å². The third kappa shape index (κ3) is 6.82. The molecule has 2 heterocycles. The minimum absolute atomic E-state index is 0.255. The molecule has 284 valence electrons. The Morgan fingerprint density at radius 3 is 1.59 bits per heavy atom. The van der Waals surface area contributed by atoms with E-state index in [1.54, 1.807) is 0 Å². The minimum Gasteiger partial charge on any atom is -0.232 e. The smallest absolute Gasteiger partial charge is 0.160 e. The van der Waals surface area contributed by atoms with Crippen molar-refractivity contribution in [3.05, 3.63) is 221 Å². The third-order valence-electron chi connectivity index (χ3n) is 11.9. The van der Waals surface area contributed by atoms with Gasteiger partial charge in [-0.2, -0.15) is 0 Å². The van der Waals surface area contributed by atoms with Gasteiger partial charge in [0.25, 0.3) is 0 Å². The van der Waals surface area contributed by atoms with Gasteiger partial charge < -0.3 is 0 Å². The second-order valence-corrected chi connectivity index (χ2v) is 17.2. The van der Waals surface area contributed by atoms with Crippen LogP contribution in [0.5, 0.6) is 0 Å². The zero-order chi connectivity index (χ0) is 39.9. The first kappa shape index (κ1) is 36.6. The summed E-state index contributed by atoms with van der Waals surface area (Å²) in [6.07, 6.45) is 1.75. The summed E-state index contributed by atoms with van der Waals surface area (Å²) < 4.78 is 0. The molecule has 0 saturated heterocycles. The van der Waals surface area contributed by atoms with Gasteiger partial charge in [0.2, 0.25) is 0 Å². The van der Waals surface area contributed by atoms with E-state index in [0.29, 0.717) is 0 Å². The predicted octanol–water partition coefficient (Wildman–Crippen LogP) is 15.2. The molecule has 0 fully saturated rings. The lowest BCUT2D eigenvalue weighted by Crippen LogP contribution is -2.15. The van der Waals surface area contributed by atoms with Gasteiger partial charge in [-0.15, -0.1) is 11.3 Å². The summed E-state index contributed by atoms with van der Waals surface area (Å²) in [5.41, 5.74) is 19.0. The van der Waals surface area contributed by atoms with Crippen LogP contribution in [-0.2, 0) is 5.41 Å². The van der Waals surface area contributed by atoms with Gasteiger partial charge in [0.05, 0.1) is 11.4 Å². The molecule has 3 heteroatoms. The van der Waals surface area contributed by atoms with Gasteiger partial charge in [-0.25, -0.2) is 9.98 Å². The molecule has 0 bridgehead atoms. The monoisotopic (exact) mass is 776 g/mol. The molecule has 0 amide bonds. The Balaban J connectivity index is 1.17. The molecule has 1 aliphatic heterocycles. The van der Waals surface area contributed by atoms with E-state index in [2.05, 4.69) is 209 Å². The minimum atomic E-state index is -0.255. The molecule has 2 nitrogen and oxygen atoms in total. The number of hydrogen-bond acceptors (Lipinski definition) is 3. The van der Waals surface area contributed by atoms with Crippen LogP contribution in [0.15, 0.2) is 204 Å². The summed E-state index contributed by atoms with van der Waals surface area (Å²) in [4.78, 5) is 13.6. The Morgan fingerprint density at radius 1 is 0.441 bits per heavy atom. The molecule has 0 radical (unpaired) electrons. The summed E-state index contributed by atoms with van der Waals surface area (Å²) in [6, 6.07) is 67.8. The van der Waals surface area contributed by atoms with E-state index < -0.39 is 0 Å². The van der Waals surface area contributed by atoms with Crippen molar-refractivity contribution in [2.45, 2.75) is 39.0 Å². The summed E-state index contributed by atoms with van der Waals surface area (Å²) in [5, 5.41) is 0. The van der Waals surface area contributed by atoms with E-state index in [1.807, 2.05) is 11.3 Å². The van der Waals surface area contributed by atoms with Crippen LogP contribution in [0.3, 0.4) is 0 Å². The van der Waals surface area contributed by atoms with Gasteiger partial charge in [0.15, 0.2) is 5.84 Å². The van der Waals surface area contributed by atoms with Gasteiger partial charge in [-0.3, -0.25) is 0 Å². The van der Waals surface area contributed by atoms with E-state index in [4.69, 9.17) is 9.98 Å². The van der Waals surface area contributed by atoms with Gasteiger partial charge >= 0.3 is 0 Å². The Hall–Kier alpha value is -6.68. The standard InChI is InChI=1S/C56H44N2S/c1-37-30-33-49(40-22-12-6-13-23-40)57-55(58-52(37)41-24-14-7-15-25-41)46-31-32-47-48(36-46)56(2,3)54-51(47)50(44-28-16-26-42(34-44)38-18-8-4-9-19-38)53(59-54)45-29-17-27-43(35-45)39-20-10-5-11-21-39/h4-29,31-32,34-36H,30,33H2,1-3H3. The number of hydrogen-bond donors (Lipinski definition) is 0. The van der Waals surface area contributed by atoms with E-state index in [-0.39, 0.29) is 5.41 Å². The van der Waals surface area contributed by atoms with Crippen LogP contribution in [0.1, 0.15) is 60.7 Å². The fourth-order valence-electron chi connectivity index (χ4n) is 8.81.